The summed E-state index contributed by atoms with van der Waals surface area (Å²) < 4.78 is 0. The third-order valence-electron chi connectivity index (χ3n) is 2.72. The largest absolute Gasteiger partial charge is 0.480 e. The van der Waals surface area contributed by atoms with Gasteiger partial charge in [-0.25, -0.2) is 9.97 Å². The van der Waals surface area contributed by atoms with Crippen LogP contribution in [0.5, 0.6) is 0 Å². The zero-order valence-electron chi connectivity index (χ0n) is 10.4. The minimum Gasteiger partial charge on any atom is -0.480 e. The summed E-state index contributed by atoms with van der Waals surface area (Å²) in [6, 6.07) is 7.64. The summed E-state index contributed by atoms with van der Waals surface area (Å²) in [7, 11) is 0. The minimum atomic E-state index is -0.869. The Kier molecular flexibility index (Phi) is 3.41. The molecule has 1 aromatic heterocycles. The summed E-state index contributed by atoms with van der Waals surface area (Å²) in [5.41, 5.74) is 0.818. The van der Waals surface area contributed by atoms with Crippen LogP contribution in [0.1, 0.15) is 13.8 Å². The molecule has 0 aliphatic carbocycles. The molecular formula is C13H15N3O2. The van der Waals surface area contributed by atoms with E-state index in [-0.39, 0.29) is 12.6 Å². The molecule has 0 saturated heterocycles. The van der Waals surface area contributed by atoms with E-state index >= 15 is 0 Å². The number of carboxylic acids is 1. The van der Waals surface area contributed by atoms with E-state index in [4.69, 9.17) is 5.11 Å². The fourth-order valence-electron chi connectivity index (χ4n) is 1.87. The number of aromatic nitrogens is 2. The second-order valence-corrected chi connectivity index (χ2v) is 4.33. The van der Waals surface area contributed by atoms with E-state index < -0.39 is 5.97 Å². The molecule has 0 aliphatic heterocycles. The third-order valence-corrected chi connectivity index (χ3v) is 2.72. The monoisotopic (exact) mass is 245 g/mol. The summed E-state index contributed by atoms with van der Waals surface area (Å²) in [6.45, 7) is 3.82. The number of benzene rings is 1. The molecule has 0 atom stereocenters. The molecule has 5 heteroatoms. The molecule has 1 aromatic carbocycles. The van der Waals surface area contributed by atoms with Crippen LogP contribution >= 0.6 is 0 Å². The molecule has 0 aliphatic rings. The zero-order valence-corrected chi connectivity index (χ0v) is 10.4. The lowest BCUT2D eigenvalue weighted by Crippen LogP contribution is -2.36. The zero-order chi connectivity index (χ0) is 13.1. The second kappa shape index (κ2) is 5.00. The molecule has 1 heterocycles. The molecular weight excluding hydrogens is 230 g/mol. The van der Waals surface area contributed by atoms with Crippen molar-refractivity contribution in [2.75, 3.05) is 11.4 Å². The van der Waals surface area contributed by atoms with Crippen molar-refractivity contribution in [3.8, 4) is 0 Å². The van der Waals surface area contributed by atoms with Gasteiger partial charge in [0, 0.05) is 11.4 Å². The summed E-state index contributed by atoms with van der Waals surface area (Å²) in [4.78, 5) is 21.1. The van der Waals surface area contributed by atoms with Crippen molar-refractivity contribution in [1.82, 2.24) is 9.97 Å². The van der Waals surface area contributed by atoms with E-state index in [1.165, 1.54) is 6.33 Å². The third kappa shape index (κ3) is 2.40. The molecule has 94 valence electrons. The van der Waals surface area contributed by atoms with Gasteiger partial charge in [-0.1, -0.05) is 12.1 Å². The Morgan fingerprint density at radius 3 is 2.72 bits per heavy atom. The Balaban J connectivity index is 2.53. The van der Waals surface area contributed by atoms with Crippen LogP contribution in [0.3, 0.4) is 0 Å². The van der Waals surface area contributed by atoms with E-state index in [1.54, 1.807) is 4.90 Å². The average molecular weight is 245 g/mol. The van der Waals surface area contributed by atoms with Crippen LogP contribution in [-0.2, 0) is 4.79 Å². The summed E-state index contributed by atoms with van der Waals surface area (Å²) in [5.74, 6) is -0.204. The molecule has 2 rings (SSSR count). The van der Waals surface area contributed by atoms with Crippen LogP contribution < -0.4 is 4.90 Å². The van der Waals surface area contributed by atoms with Crippen LogP contribution in [0.15, 0.2) is 30.6 Å². The van der Waals surface area contributed by atoms with Crippen molar-refractivity contribution in [2.45, 2.75) is 19.9 Å². The molecule has 0 amide bonds. The van der Waals surface area contributed by atoms with Crippen LogP contribution in [-0.4, -0.2) is 33.6 Å². The van der Waals surface area contributed by atoms with Crippen molar-refractivity contribution < 1.29 is 9.90 Å². The van der Waals surface area contributed by atoms with Crippen molar-refractivity contribution in [3.63, 3.8) is 0 Å². The highest BCUT2D eigenvalue weighted by molar-refractivity contribution is 5.90. The molecule has 0 spiro atoms. The highest BCUT2D eigenvalue weighted by Gasteiger charge is 2.17. The van der Waals surface area contributed by atoms with Gasteiger partial charge in [-0.2, -0.15) is 0 Å². The number of hydrogen-bond acceptors (Lipinski definition) is 4. The van der Waals surface area contributed by atoms with E-state index in [9.17, 15) is 4.79 Å². The Bertz CT molecular complexity index is 564. The molecule has 5 nitrogen and oxygen atoms in total. The topological polar surface area (TPSA) is 66.3 Å². The average Bonchev–Trinajstić information content (AvgIpc) is 2.35. The number of fused-ring (bicyclic) bond motifs is 1. The fraction of sp³-hybridized carbons (Fsp3) is 0.308. The number of hydrogen-bond donors (Lipinski definition) is 1. The van der Waals surface area contributed by atoms with Gasteiger partial charge in [-0.3, -0.25) is 4.79 Å². The van der Waals surface area contributed by atoms with E-state index in [2.05, 4.69) is 9.97 Å². The Morgan fingerprint density at radius 1 is 1.33 bits per heavy atom. The molecule has 0 bridgehead atoms. The molecule has 18 heavy (non-hydrogen) atoms. The first-order chi connectivity index (χ1) is 8.59. The first-order valence-corrected chi connectivity index (χ1v) is 5.77. The fourth-order valence-corrected chi connectivity index (χ4v) is 1.87. The SMILES string of the molecule is CC(C)N(CC(=O)O)c1ncnc2ccccc12. The highest BCUT2D eigenvalue weighted by Crippen LogP contribution is 2.23. The quantitative estimate of drug-likeness (QED) is 0.891. The summed E-state index contributed by atoms with van der Waals surface area (Å²) in [6.07, 6.45) is 1.47. The van der Waals surface area contributed by atoms with Crippen LogP contribution in [0.2, 0.25) is 0 Å². The number of nitrogens with zero attached hydrogens (tertiary/aromatic N) is 3. The first kappa shape index (κ1) is 12.3. The number of aliphatic carboxylic acids is 1. The lowest BCUT2D eigenvalue weighted by atomic mass is 10.2. The van der Waals surface area contributed by atoms with E-state index in [1.807, 2.05) is 38.1 Å². The van der Waals surface area contributed by atoms with Crippen LogP contribution in [0.4, 0.5) is 5.82 Å². The maximum Gasteiger partial charge on any atom is 0.323 e. The number of para-hydroxylation sites is 1. The molecule has 0 fully saturated rings. The lowest BCUT2D eigenvalue weighted by Gasteiger charge is -2.26. The Hall–Kier alpha value is -2.17. The van der Waals surface area contributed by atoms with Crippen molar-refractivity contribution in [3.05, 3.63) is 30.6 Å². The van der Waals surface area contributed by atoms with Crippen LogP contribution in [0.25, 0.3) is 10.9 Å². The van der Waals surface area contributed by atoms with Gasteiger partial charge < -0.3 is 10.0 Å². The van der Waals surface area contributed by atoms with Gasteiger partial charge >= 0.3 is 5.97 Å². The number of carboxylic acid groups (broad SMARTS) is 1. The van der Waals surface area contributed by atoms with E-state index in [0.29, 0.717) is 5.82 Å². The van der Waals surface area contributed by atoms with Crippen molar-refractivity contribution in [2.24, 2.45) is 0 Å². The maximum absolute atomic E-state index is 10.9. The Morgan fingerprint density at radius 2 is 2.06 bits per heavy atom. The van der Waals surface area contributed by atoms with Gasteiger partial charge in [0.1, 0.15) is 18.7 Å². The molecule has 1 N–H and O–H groups in total. The van der Waals surface area contributed by atoms with Gasteiger partial charge in [-0.05, 0) is 26.0 Å². The van der Waals surface area contributed by atoms with Gasteiger partial charge in [-0.15, -0.1) is 0 Å². The number of carbonyl (C=O) groups is 1. The number of rotatable bonds is 4. The van der Waals surface area contributed by atoms with Gasteiger partial charge in [0.25, 0.3) is 0 Å². The summed E-state index contributed by atoms with van der Waals surface area (Å²) >= 11 is 0. The Labute approximate surface area is 105 Å². The minimum absolute atomic E-state index is 0.0550. The molecule has 0 unspecified atom stereocenters. The normalized spacial score (nSPS) is 10.8. The van der Waals surface area contributed by atoms with Crippen molar-refractivity contribution in [1.29, 1.82) is 0 Å². The van der Waals surface area contributed by atoms with Crippen LogP contribution in [0, 0.1) is 0 Å². The summed E-state index contributed by atoms with van der Waals surface area (Å²) in [5, 5.41) is 9.85. The van der Waals surface area contributed by atoms with E-state index in [0.717, 1.165) is 10.9 Å². The predicted molar refractivity (Wildman–Crippen MR) is 69.7 cm³/mol. The van der Waals surface area contributed by atoms with Gasteiger partial charge in [0.2, 0.25) is 0 Å². The predicted octanol–water partition coefficient (Wildman–Crippen LogP) is 1.93. The molecule has 2 aromatic rings. The smallest absolute Gasteiger partial charge is 0.323 e. The first-order valence-electron chi connectivity index (χ1n) is 5.77. The number of anilines is 1. The highest BCUT2D eigenvalue weighted by atomic mass is 16.4. The van der Waals surface area contributed by atoms with Crippen molar-refractivity contribution >= 4 is 22.7 Å². The maximum atomic E-state index is 10.9. The standard InChI is InChI=1S/C13H15N3O2/c1-9(2)16(7-12(17)18)13-10-5-3-4-6-11(10)14-8-15-13/h3-6,8-9H,7H2,1-2H3,(H,17,18). The second-order valence-electron chi connectivity index (χ2n) is 4.33. The van der Waals surface area contributed by atoms with Gasteiger partial charge in [0.05, 0.1) is 5.52 Å². The molecule has 0 radical (unpaired) electrons. The van der Waals surface area contributed by atoms with Gasteiger partial charge in [0.15, 0.2) is 0 Å². The lowest BCUT2D eigenvalue weighted by molar-refractivity contribution is -0.135. The molecule has 0 saturated carbocycles.